The number of aromatic nitrogens is 5. The van der Waals surface area contributed by atoms with Gasteiger partial charge in [0, 0.05) is 29.8 Å². The fourth-order valence-corrected chi connectivity index (χ4v) is 5.35. The number of hydrogen-bond acceptors (Lipinski definition) is 9. The van der Waals surface area contributed by atoms with Crippen molar-refractivity contribution < 1.29 is 32.9 Å². The minimum absolute atomic E-state index is 0.150. The van der Waals surface area contributed by atoms with Crippen molar-refractivity contribution in [2.24, 2.45) is 7.05 Å². The maximum Gasteiger partial charge on any atom is 0.416 e. The number of halogens is 1. The van der Waals surface area contributed by atoms with Gasteiger partial charge in [-0.05, 0) is 59.7 Å². The summed E-state index contributed by atoms with van der Waals surface area (Å²) in [6, 6.07) is 6.34. The zero-order valence-corrected chi connectivity index (χ0v) is 25.6. The number of anilines is 2. The third kappa shape index (κ3) is 5.47. The molecule has 0 saturated carbocycles. The fraction of sp³-hybridized carbons (Fsp3) is 0.433. The topological polar surface area (TPSA) is 134 Å². The highest BCUT2D eigenvalue weighted by Gasteiger charge is 2.37. The first-order valence-electron chi connectivity index (χ1n) is 14.2. The summed E-state index contributed by atoms with van der Waals surface area (Å²) in [4.78, 5) is 27.6. The van der Waals surface area contributed by atoms with Gasteiger partial charge >= 0.3 is 12.2 Å². The van der Waals surface area contributed by atoms with Gasteiger partial charge in [0.1, 0.15) is 29.1 Å². The van der Waals surface area contributed by atoms with Crippen molar-refractivity contribution in [2.75, 3.05) is 23.4 Å². The Labute approximate surface area is 252 Å². The summed E-state index contributed by atoms with van der Waals surface area (Å²) in [6.45, 7) is 10.9. The SMILES string of the molecule is Cn1nc(NC(=O)OC(C)(C)C)cc1-c1cc2c(n3cnnc13)N(C(=O)OC(C)(C)C)Cc1c(F)ccc3c1[C@H](CO3)CO2. The molecule has 0 unspecified atom stereocenters. The van der Waals surface area contributed by atoms with Crippen molar-refractivity contribution in [3.05, 3.63) is 47.5 Å². The molecule has 1 aromatic carbocycles. The number of nitrogens with one attached hydrogen (secondary N) is 1. The van der Waals surface area contributed by atoms with Gasteiger partial charge in [0.25, 0.3) is 0 Å². The average Bonchev–Trinajstić information content (AvgIpc) is 3.63. The van der Waals surface area contributed by atoms with Crippen LogP contribution in [0.3, 0.4) is 0 Å². The van der Waals surface area contributed by atoms with Gasteiger partial charge < -0.3 is 18.9 Å². The van der Waals surface area contributed by atoms with Crippen molar-refractivity contribution in [2.45, 2.75) is 65.2 Å². The second-order valence-corrected chi connectivity index (χ2v) is 12.8. The Morgan fingerprint density at radius 3 is 2.43 bits per heavy atom. The van der Waals surface area contributed by atoms with Crippen LogP contribution in [0.25, 0.3) is 16.9 Å². The molecule has 2 aliphatic heterocycles. The van der Waals surface area contributed by atoms with Crippen LogP contribution in [0.15, 0.2) is 30.6 Å². The van der Waals surface area contributed by atoms with E-state index in [9.17, 15) is 9.59 Å². The molecular formula is C30H34FN7O6. The van der Waals surface area contributed by atoms with Crippen LogP contribution in [0.1, 0.15) is 58.6 Å². The van der Waals surface area contributed by atoms with Crippen molar-refractivity contribution in [3.8, 4) is 22.8 Å². The van der Waals surface area contributed by atoms with Crippen LogP contribution >= 0.6 is 0 Å². The predicted molar refractivity (Wildman–Crippen MR) is 158 cm³/mol. The predicted octanol–water partition coefficient (Wildman–Crippen LogP) is 5.43. The summed E-state index contributed by atoms with van der Waals surface area (Å²) >= 11 is 0. The van der Waals surface area contributed by atoms with E-state index in [1.807, 2.05) is 0 Å². The molecule has 14 heteroatoms. The van der Waals surface area contributed by atoms with Crippen molar-refractivity contribution >= 4 is 29.5 Å². The number of fused-ring (bicyclic) bond motifs is 3. The summed E-state index contributed by atoms with van der Waals surface area (Å²) in [5.41, 5.74) is 0.965. The number of ether oxygens (including phenoxy) is 4. The van der Waals surface area contributed by atoms with E-state index >= 15 is 4.39 Å². The first-order chi connectivity index (χ1) is 20.7. The van der Waals surface area contributed by atoms with Gasteiger partial charge in [-0.3, -0.25) is 19.3 Å². The molecule has 2 aliphatic rings. The van der Waals surface area contributed by atoms with E-state index < -0.39 is 29.2 Å². The Kier molecular flexibility index (Phi) is 6.89. The second kappa shape index (κ2) is 10.4. The standard InChI is InChI=1S/C30H34FN7O6/c1-29(2,3)43-27(39)33-23-11-20(36(7)35-23)17-10-22-26(38-15-32-34-25(17)38)37(28(40)44-30(4,5)6)12-18-19(31)8-9-21-24(18)16(13-41-21)14-42-22/h8-11,15-16H,12-14H2,1-7H3,(H,33,35,39)/t16-/m1/s1. The molecule has 0 radical (unpaired) electrons. The van der Waals surface area contributed by atoms with Crippen LogP contribution in [0.2, 0.25) is 0 Å². The molecule has 0 saturated heterocycles. The van der Waals surface area contributed by atoms with E-state index in [-0.39, 0.29) is 30.7 Å². The maximum absolute atomic E-state index is 15.5. The van der Waals surface area contributed by atoms with Crippen molar-refractivity contribution in [3.63, 3.8) is 0 Å². The first kappa shape index (κ1) is 29.2. The van der Waals surface area contributed by atoms with Gasteiger partial charge in [0.05, 0.1) is 31.4 Å². The number of nitrogens with zero attached hydrogens (tertiary/aromatic N) is 6. The summed E-state index contributed by atoms with van der Waals surface area (Å²) in [5, 5.41) is 15.6. The molecular weight excluding hydrogens is 573 g/mol. The Balaban J connectivity index is 1.49. The number of carbonyl (C=O) groups is 2. The van der Waals surface area contributed by atoms with Gasteiger partial charge in [-0.15, -0.1) is 10.2 Å². The van der Waals surface area contributed by atoms with Gasteiger partial charge in [-0.2, -0.15) is 5.10 Å². The quantitative estimate of drug-likeness (QED) is 0.317. The molecule has 3 aromatic heterocycles. The van der Waals surface area contributed by atoms with E-state index in [2.05, 4.69) is 20.6 Å². The van der Waals surface area contributed by atoms with Crippen LogP contribution < -0.4 is 19.7 Å². The number of aryl methyl sites for hydroxylation is 1. The largest absolute Gasteiger partial charge is 0.493 e. The zero-order chi connectivity index (χ0) is 31.6. The van der Waals surface area contributed by atoms with Crippen LogP contribution in [-0.4, -0.2) is 61.0 Å². The normalized spacial score (nSPS) is 16.2. The molecule has 6 rings (SSSR count). The van der Waals surface area contributed by atoms with E-state index in [0.717, 1.165) is 0 Å². The van der Waals surface area contributed by atoms with Crippen molar-refractivity contribution in [1.29, 1.82) is 0 Å². The molecule has 4 aromatic rings. The van der Waals surface area contributed by atoms with Gasteiger partial charge in [0.2, 0.25) is 0 Å². The van der Waals surface area contributed by atoms with Crippen molar-refractivity contribution in [1.82, 2.24) is 24.4 Å². The smallest absolute Gasteiger partial charge is 0.416 e. The number of carbonyl (C=O) groups excluding carboxylic acids is 2. The third-order valence-corrected chi connectivity index (χ3v) is 7.03. The van der Waals surface area contributed by atoms with Gasteiger partial charge in [-0.25, -0.2) is 14.0 Å². The molecule has 0 bridgehead atoms. The lowest BCUT2D eigenvalue weighted by molar-refractivity contribution is 0.0572. The van der Waals surface area contributed by atoms with Crippen LogP contribution in [-0.2, 0) is 23.1 Å². The molecule has 0 fully saturated rings. The summed E-state index contributed by atoms with van der Waals surface area (Å²) in [7, 11) is 1.72. The minimum Gasteiger partial charge on any atom is -0.493 e. The maximum atomic E-state index is 15.5. The second-order valence-electron chi connectivity index (χ2n) is 12.8. The number of hydrogen-bond donors (Lipinski definition) is 1. The number of amides is 2. The first-order valence-corrected chi connectivity index (χ1v) is 14.2. The molecule has 232 valence electrons. The zero-order valence-electron chi connectivity index (χ0n) is 25.6. The number of benzene rings is 1. The molecule has 2 amide bonds. The summed E-state index contributed by atoms with van der Waals surface area (Å²) in [5.74, 6) is 0.657. The van der Waals surface area contributed by atoms with E-state index in [1.54, 1.807) is 75.9 Å². The molecule has 5 heterocycles. The van der Waals surface area contributed by atoms with E-state index in [4.69, 9.17) is 18.9 Å². The monoisotopic (exact) mass is 607 g/mol. The lowest BCUT2D eigenvalue weighted by Crippen LogP contribution is -2.38. The number of rotatable bonds is 2. The molecule has 0 spiro atoms. The molecule has 1 N–H and O–H groups in total. The third-order valence-electron chi connectivity index (χ3n) is 7.03. The molecule has 13 nitrogen and oxygen atoms in total. The molecule has 44 heavy (non-hydrogen) atoms. The van der Waals surface area contributed by atoms with E-state index in [1.165, 1.54) is 17.3 Å². The Morgan fingerprint density at radius 1 is 1.02 bits per heavy atom. The van der Waals surface area contributed by atoms with Crippen LogP contribution in [0.4, 0.5) is 25.6 Å². The van der Waals surface area contributed by atoms with Gasteiger partial charge in [-0.1, -0.05) is 0 Å². The Bertz CT molecular complexity index is 1780. The van der Waals surface area contributed by atoms with Gasteiger partial charge in [0.15, 0.2) is 23.0 Å². The summed E-state index contributed by atoms with van der Waals surface area (Å²) in [6.07, 6.45) is 0.0986. The molecule has 1 atom stereocenters. The number of pyridine rings is 1. The highest BCUT2D eigenvalue weighted by Crippen LogP contribution is 2.44. The average molecular weight is 608 g/mol. The highest BCUT2D eigenvalue weighted by atomic mass is 19.1. The van der Waals surface area contributed by atoms with Crippen LogP contribution in [0, 0.1) is 5.82 Å². The lowest BCUT2D eigenvalue weighted by Gasteiger charge is -2.29. The highest BCUT2D eigenvalue weighted by molar-refractivity contribution is 5.92. The Morgan fingerprint density at radius 2 is 1.73 bits per heavy atom. The summed E-state index contributed by atoms with van der Waals surface area (Å²) < 4.78 is 42.1. The Hall–Kier alpha value is -4.88. The van der Waals surface area contributed by atoms with Crippen LogP contribution in [0.5, 0.6) is 11.5 Å². The molecule has 0 aliphatic carbocycles. The lowest BCUT2D eigenvalue weighted by atomic mass is 9.95. The minimum atomic E-state index is -0.835. The fourth-order valence-electron chi connectivity index (χ4n) is 5.35. The van der Waals surface area contributed by atoms with E-state index in [0.29, 0.717) is 46.1 Å².